The second kappa shape index (κ2) is 10.4. The van der Waals surface area contributed by atoms with Gasteiger partial charge in [0.25, 0.3) is 0 Å². The Morgan fingerprint density at radius 1 is 1.03 bits per heavy atom. The molecule has 0 saturated heterocycles. The normalized spacial score (nSPS) is 12.2. The van der Waals surface area contributed by atoms with Crippen LogP contribution in [0.4, 0.5) is 0 Å². The molecule has 3 nitrogen and oxygen atoms in total. The van der Waals surface area contributed by atoms with E-state index in [4.69, 9.17) is 0 Å². The molecule has 3 heterocycles. The standard InChI is InChI=1S/C15H8NS2.C11H20O2.Pt/c1-2-4-11-10(3-1)5-7-16-15(11)14-9-13-12(18-14)6-8-17-13;1-10(2,3)8(12)7-9(13)11(4,5)6;/h1-8H;7,12H,1-6H3;/q-1;;/b;8-7-;. The van der Waals surface area contributed by atoms with Crippen molar-refractivity contribution in [1.29, 1.82) is 0 Å². The molecule has 0 aliphatic heterocycles. The zero-order valence-electron chi connectivity index (χ0n) is 19.1. The molecule has 0 aliphatic rings. The van der Waals surface area contributed by atoms with Crippen LogP contribution in [0.5, 0.6) is 0 Å². The molecule has 0 aliphatic carbocycles. The van der Waals surface area contributed by atoms with Crippen molar-refractivity contribution in [3.8, 4) is 10.6 Å². The first-order chi connectivity index (χ1) is 14.5. The van der Waals surface area contributed by atoms with Crippen molar-refractivity contribution in [1.82, 2.24) is 4.98 Å². The molecular formula is C26H28NO2PtS2-. The third-order valence-electron chi connectivity index (χ3n) is 4.73. The number of aliphatic hydroxyl groups excluding tert-OH is 1. The van der Waals surface area contributed by atoms with Crippen LogP contribution in [0, 0.1) is 16.9 Å². The Morgan fingerprint density at radius 3 is 2.34 bits per heavy atom. The van der Waals surface area contributed by atoms with Gasteiger partial charge in [-0.15, -0.1) is 6.07 Å². The SMILES string of the molecule is CC(C)(C)C(=O)/C=C(\O)C(C)(C)C.[Pt].[c-]1c(-c2nccc3ccccc23)sc2ccsc12. The molecular weight excluding hydrogens is 618 g/mol. The topological polar surface area (TPSA) is 50.2 Å². The molecule has 172 valence electrons. The number of aromatic nitrogens is 1. The van der Waals surface area contributed by atoms with E-state index in [9.17, 15) is 9.90 Å². The number of ketones is 1. The van der Waals surface area contributed by atoms with Gasteiger partial charge >= 0.3 is 0 Å². The number of carbonyl (C=O) groups excluding carboxylic acids is 1. The number of hydrogen-bond acceptors (Lipinski definition) is 5. The monoisotopic (exact) mass is 645 g/mol. The van der Waals surface area contributed by atoms with E-state index in [0.717, 1.165) is 10.6 Å². The second-order valence-corrected chi connectivity index (χ2v) is 11.4. The van der Waals surface area contributed by atoms with Crippen LogP contribution in [0.25, 0.3) is 30.7 Å². The Balaban J connectivity index is 0.000000234. The minimum Gasteiger partial charge on any atom is -0.512 e. The van der Waals surface area contributed by atoms with E-state index in [-0.39, 0.29) is 38.0 Å². The van der Waals surface area contributed by atoms with Gasteiger partial charge in [-0.05, 0) is 27.9 Å². The van der Waals surface area contributed by atoms with Crippen LogP contribution in [-0.2, 0) is 25.9 Å². The Labute approximate surface area is 212 Å². The van der Waals surface area contributed by atoms with Gasteiger partial charge in [0.15, 0.2) is 5.78 Å². The van der Waals surface area contributed by atoms with Crippen molar-refractivity contribution in [2.24, 2.45) is 10.8 Å². The maximum absolute atomic E-state index is 11.5. The van der Waals surface area contributed by atoms with Gasteiger partial charge in [0.1, 0.15) is 5.76 Å². The Hall–Kier alpha value is -1.81. The van der Waals surface area contributed by atoms with Gasteiger partial charge in [0.2, 0.25) is 0 Å². The zero-order chi connectivity index (χ0) is 22.8. The molecule has 4 aromatic rings. The molecule has 0 saturated carbocycles. The van der Waals surface area contributed by atoms with Crippen molar-refractivity contribution in [2.75, 3.05) is 0 Å². The van der Waals surface area contributed by atoms with E-state index in [1.54, 1.807) is 22.7 Å². The summed E-state index contributed by atoms with van der Waals surface area (Å²) in [5.41, 5.74) is 0.279. The Kier molecular flexibility index (Phi) is 8.61. The molecule has 0 radical (unpaired) electrons. The summed E-state index contributed by atoms with van der Waals surface area (Å²) in [5.74, 6) is 0.104. The number of allylic oxidation sites excluding steroid dienone is 2. The summed E-state index contributed by atoms with van der Waals surface area (Å²) >= 11 is 3.50. The number of benzene rings is 1. The smallest absolute Gasteiger partial charge is 0.164 e. The van der Waals surface area contributed by atoms with E-state index >= 15 is 0 Å². The quantitative estimate of drug-likeness (QED) is 0.136. The molecule has 3 aromatic heterocycles. The van der Waals surface area contributed by atoms with Crippen molar-refractivity contribution in [2.45, 2.75) is 41.5 Å². The fourth-order valence-electron chi connectivity index (χ4n) is 2.67. The van der Waals surface area contributed by atoms with Gasteiger partial charge in [0, 0.05) is 44.2 Å². The number of pyridine rings is 1. The van der Waals surface area contributed by atoms with Gasteiger partial charge in [0.05, 0.1) is 0 Å². The van der Waals surface area contributed by atoms with E-state index < -0.39 is 5.41 Å². The first kappa shape index (κ1) is 26.4. The van der Waals surface area contributed by atoms with Gasteiger partial charge in [-0.2, -0.15) is 11.3 Å². The first-order valence-corrected chi connectivity index (χ1v) is 11.9. The molecule has 0 fully saturated rings. The molecule has 0 unspecified atom stereocenters. The molecule has 0 atom stereocenters. The number of thiophene rings is 2. The predicted molar refractivity (Wildman–Crippen MR) is 134 cm³/mol. The molecule has 0 spiro atoms. The Bertz CT molecular complexity index is 1210. The summed E-state index contributed by atoms with van der Waals surface area (Å²) in [4.78, 5) is 17.2. The van der Waals surface area contributed by atoms with Gasteiger partial charge < -0.3 is 10.1 Å². The molecule has 0 bridgehead atoms. The minimum absolute atomic E-state index is 0. The fraction of sp³-hybridized carbons (Fsp3) is 0.308. The third-order valence-corrected chi connectivity index (χ3v) is 6.75. The summed E-state index contributed by atoms with van der Waals surface area (Å²) in [5, 5.41) is 14.1. The summed E-state index contributed by atoms with van der Waals surface area (Å²) < 4.78 is 2.52. The average Bonchev–Trinajstić information content (AvgIpc) is 3.28. The molecule has 4 rings (SSSR count). The van der Waals surface area contributed by atoms with E-state index in [0.29, 0.717) is 0 Å². The van der Waals surface area contributed by atoms with Gasteiger partial charge in [-0.25, -0.2) is 11.3 Å². The summed E-state index contributed by atoms with van der Waals surface area (Å²) in [6, 6.07) is 16.0. The van der Waals surface area contributed by atoms with Crippen LogP contribution in [0.2, 0.25) is 0 Å². The van der Waals surface area contributed by atoms with Crippen molar-refractivity contribution in [3.63, 3.8) is 0 Å². The van der Waals surface area contributed by atoms with Crippen LogP contribution in [0.15, 0.2) is 59.8 Å². The van der Waals surface area contributed by atoms with E-state index in [2.05, 4.69) is 52.8 Å². The van der Waals surface area contributed by atoms with Crippen LogP contribution in [0.1, 0.15) is 41.5 Å². The van der Waals surface area contributed by atoms with Crippen molar-refractivity contribution >= 4 is 48.6 Å². The molecule has 1 N–H and O–H groups in total. The van der Waals surface area contributed by atoms with Crippen LogP contribution < -0.4 is 0 Å². The zero-order valence-corrected chi connectivity index (χ0v) is 23.0. The number of fused-ring (bicyclic) bond motifs is 2. The predicted octanol–water partition coefficient (Wildman–Crippen LogP) is 8.07. The maximum Gasteiger partial charge on any atom is 0.164 e. The van der Waals surface area contributed by atoms with Gasteiger partial charge in [-0.3, -0.25) is 4.79 Å². The van der Waals surface area contributed by atoms with Crippen molar-refractivity contribution < 1.29 is 31.0 Å². The first-order valence-electron chi connectivity index (χ1n) is 10.2. The third kappa shape index (κ3) is 6.37. The summed E-state index contributed by atoms with van der Waals surface area (Å²) in [6.07, 6.45) is 3.21. The second-order valence-electron chi connectivity index (χ2n) is 9.44. The summed E-state index contributed by atoms with van der Waals surface area (Å²) in [6.45, 7) is 11.1. The van der Waals surface area contributed by atoms with E-state index in [1.165, 1.54) is 26.2 Å². The Morgan fingerprint density at radius 2 is 1.72 bits per heavy atom. The molecule has 6 heteroatoms. The number of nitrogens with zero attached hydrogens (tertiary/aromatic N) is 1. The molecule has 1 aromatic carbocycles. The van der Waals surface area contributed by atoms with Crippen LogP contribution in [-0.4, -0.2) is 15.9 Å². The molecule has 32 heavy (non-hydrogen) atoms. The largest absolute Gasteiger partial charge is 0.512 e. The van der Waals surface area contributed by atoms with Crippen LogP contribution >= 0.6 is 22.7 Å². The number of hydrogen-bond donors (Lipinski definition) is 1. The average molecular weight is 646 g/mol. The van der Waals surface area contributed by atoms with E-state index in [1.807, 2.05) is 47.7 Å². The number of rotatable bonds is 2. The fourth-order valence-corrected chi connectivity index (χ4v) is 4.69. The molecule has 0 amide bonds. The summed E-state index contributed by atoms with van der Waals surface area (Å²) in [7, 11) is 0. The number of aliphatic hydroxyl groups is 1. The number of carbonyl (C=O) groups is 1. The van der Waals surface area contributed by atoms with Crippen LogP contribution in [0.3, 0.4) is 0 Å². The van der Waals surface area contributed by atoms with Crippen molar-refractivity contribution in [3.05, 3.63) is 65.9 Å². The minimum atomic E-state index is -0.417. The van der Waals surface area contributed by atoms with Gasteiger partial charge in [-0.1, -0.05) is 86.2 Å². The maximum atomic E-state index is 11.5.